The molecule has 3 N–H and O–H groups in total. The van der Waals surface area contributed by atoms with E-state index in [1.165, 1.54) is 4.88 Å². The van der Waals surface area contributed by atoms with Gasteiger partial charge in [-0.25, -0.2) is 0 Å². The maximum absolute atomic E-state index is 9.34. The lowest BCUT2D eigenvalue weighted by Gasteiger charge is -2.10. The summed E-state index contributed by atoms with van der Waals surface area (Å²) in [5, 5.41) is 11.4. The molecule has 2 rings (SSSR count). The van der Waals surface area contributed by atoms with Crippen molar-refractivity contribution in [1.82, 2.24) is 0 Å². The van der Waals surface area contributed by atoms with Crippen molar-refractivity contribution in [2.75, 3.05) is 0 Å². The van der Waals surface area contributed by atoms with Crippen LogP contribution >= 0.6 is 11.3 Å². The molecule has 0 amide bonds. The molecule has 1 aromatic heterocycles. The highest BCUT2D eigenvalue weighted by Crippen LogP contribution is 2.15. The number of phenolic OH excluding ortho intramolecular Hbond substituents is 1. The van der Waals surface area contributed by atoms with E-state index in [1.807, 2.05) is 18.2 Å². The Kier molecular flexibility index (Phi) is 3.59. The lowest BCUT2D eigenvalue weighted by Crippen LogP contribution is -2.24. The lowest BCUT2D eigenvalue weighted by molar-refractivity contribution is 0.474. The second kappa shape index (κ2) is 5.14. The van der Waals surface area contributed by atoms with Gasteiger partial charge in [-0.2, -0.15) is 0 Å². The molecule has 1 unspecified atom stereocenters. The number of phenols is 1. The molecule has 1 aromatic carbocycles. The molecule has 84 valence electrons. The number of hydrogen-bond acceptors (Lipinski definition) is 3. The maximum atomic E-state index is 9.34. The Balaban J connectivity index is 1.94. The molecule has 16 heavy (non-hydrogen) atoms. The van der Waals surface area contributed by atoms with Crippen LogP contribution in [0.3, 0.4) is 0 Å². The number of nitrogens with two attached hydrogens (primary N) is 1. The molecule has 0 spiro atoms. The van der Waals surface area contributed by atoms with Gasteiger partial charge >= 0.3 is 0 Å². The van der Waals surface area contributed by atoms with Crippen molar-refractivity contribution in [1.29, 1.82) is 0 Å². The summed E-state index contributed by atoms with van der Waals surface area (Å²) in [6.45, 7) is 0. The Labute approximate surface area is 99.4 Å². The molecule has 1 atom stereocenters. The third-order valence-corrected chi connectivity index (χ3v) is 3.35. The standard InChI is InChI=1S/C13H15NOS/c14-11(9-13-5-2-6-16-13)7-10-3-1-4-12(15)8-10/h1-6,8,11,15H,7,9,14H2. The molecule has 3 heteroatoms. The van der Waals surface area contributed by atoms with E-state index in [2.05, 4.69) is 11.4 Å². The maximum Gasteiger partial charge on any atom is 0.115 e. The smallest absolute Gasteiger partial charge is 0.115 e. The van der Waals surface area contributed by atoms with Crippen LogP contribution in [0.25, 0.3) is 0 Å². The molecule has 2 aromatic rings. The van der Waals surface area contributed by atoms with Crippen LogP contribution in [-0.2, 0) is 12.8 Å². The summed E-state index contributed by atoms with van der Waals surface area (Å²) < 4.78 is 0. The average molecular weight is 233 g/mol. The van der Waals surface area contributed by atoms with E-state index in [9.17, 15) is 5.11 Å². The molecular formula is C13H15NOS. The fourth-order valence-electron chi connectivity index (χ4n) is 1.75. The summed E-state index contributed by atoms with van der Waals surface area (Å²) in [5.41, 5.74) is 7.16. The Morgan fingerprint density at radius 2 is 2.06 bits per heavy atom. The van der Waals surface area contributed by atoms with Gasteiger partial charge in [-0.05, 0) is 42.0 Å². The molecule has 0 saturated carbocycles. The minimum Gasteiger partial charge on any atom is -0.508 e. The molecule has 0 aliphatic carbocycles. The van der Waals surface area contributed by atoms with Gasteiger partial charge in [0.1, 0.15) is 5.75 Å². The van der Waals surface area contributed by atoms with Crippen LogP contribution in [0.5, 0.6) is 5.75 Å². The summed E-state index contributed by atoms with van der Waals surface area (Å²) in [6.07, 6.45) is 1.69. The van der Waals surface area contributed by atoms with Crippen LogP contribution in [0.2, 0.25) is 0 Å². The molecule has 0 radical (unpaired) electrons. The highest BCUT2D eigenvalue weighted by Gasteiger charge is 2.06. The van der Waals surface area contributed by atoms with Crippen molar-refractivity contribution in [3.8, 4) is 5.75 Å². The highest BCUT2D eigenvalue weighted by molar-refractivity contribution is 7.09. The van der Waals surface area contributed by atoms with Gasteiger partial charge in [0.2, 0.25) is 0 Å². The number of hydrogen-bond donors (Lipinski definition) is 2. The number of benzene rings is 1. The Hall–Kier alpha value is -1.32. The molecular weight excluding hydrogens is 218 g/mol. The fraction of sp³-hybridized carbons (Fsp3) is 0.231. The van der Waals surface area contributed by atoms with Crippen molar-refractivity contribution in [2.24, 2.45) is 5.73 Å². The van der Waals surface area contributed by atoms with Crippen LogP contribution in [0.4, 0.5) is 0 Å². The Bertz CT molecular complexity index is 439. The van der Waals surface area contributed by atoms with Crippen molar-refractivity contribution in [2.45, 2.75) is 18.9 Å². The van der Waals surface area contributed by atoms with Crippen LogP contribution in [0.1, 0.15) is 10.4 Å². The van der Waals surface area contributed by atoms with Gasteiger partial charge in [0.05, 0.1) is 0 Å². The van der Waals surface area contributed by atoms with Crippen LogP contribution in [-0.4, -0.2) is 11.1 Å². The third-order valence-electron chi connectivity index (χ3n) is 2.45. The van der Waals surface area contributed by atoms with Crippen molar-refractivity contribution in [3.05, 3.63) is 52.2 Å². The van der Waals surface area contributed by atoms with E-state index in [0.29, 0.717) is 5.75 Å². The van der Waals surface area contributed by atoms with Gasteiger partial charge in [0.25, 0.3) is 0 Å². The van der Waals surface area contributed by atoms with Gasteiger partial charge in [0.15, 0.2) is 0 Å². The molecule has 0 bridgehead atoms. The molecule has 0 saturated heterocycles. The van der Waals surface area contributed by atoms with E-state index in [1.54, 1.807) is 23.5 Å². The first kappa shape index (κ1) is 11.2. The largest absolute Gasteiger partial charge is 0.508 e. The van der Waals surface area contributed by atoms with E-state index >= 15 is 0 Å². The van der Waals surface area contributed by atoms with Crippen molar-refractivity contribution < 1.29 is 5.11 Å². The number of aromatic hydroxyl groups is 1. The molecule has 0 aliphatic heterocycles. The van der Waals surface area contributed by atoms with E-state index in [0.717, 1.165) is 18.4 Å². The predicted octanol–water partition coefficient (Wildman–Crippen LogP) is 2.57. The monoisotopic (exact) mass is 233 g/mol. The summed E-state index contributed by atoms with van der Waals surface area (Å²) in [7, 11) is 0. The van der Waals surface area contributed by atoms with Gasteiger partial charge in [0, 0.05) is 10.9 Å². The second-order valence-electron chi connectivity index (χ2n) is 3.92. The first-order valence-corrected chi connectivity index (χ1v) is 6.18. The topological polar surface area (TPSA) is 46.2 Å². The Morgan fingerprint density at radius 1 is 1.19 bits per heavy atom. The fourth-order valence-corrected chi connectivity index (χ4v) is 2.54. The summed E-state index contributed by atoms with van der Waals surface area (Å²) >= 11 is 1.74. The van der Waals surface area contributed by atoms with E-state index in [-0.39, 0.29) is 6.04 Å². The number of rotatable bonds is 4. The van der Waals surface area contributed by atoms with Crippen molar-refractivity contribution in [3.63, 3.8) is 0 Å². The van der Waals surface area contributed by atoms with Crippen LogP contribution in [0, 0.1) is 0 Å². The van der Waals surface area contributed by atoms with Gasteiger partial charge in [-0.3, -0.25) is 0 Å². The average Bonchev–Trinajstić information content (AvgIpc) is 2.70. The summed E-state index contributed by atoms with van der Waals surface area (Å²) in [5.74, 6) is 0.306. The van der Waals surface area contributed by atoms with Gasteiger partial charge in [-0.1, -0.05) is 18.2 Å². The molecule has 0 fully saturated rings. The summed E-state index contributed by atoms with van der Waals surface area (Å²) in [6, 6.07) is 11.5. The minimum atomic E-state index is 0.112. The highest BCUT2D eigenvalue weighted by atomic mass is 32.1. The second-order valence-corrected chi connectivity index (χ2v) is 4.95. The SMILES string of the molecule is NC(Cc1cccc(O)c1)Cc1cccs1. The minimum absolute atomic E-state index is 0.112. The van der Waals surface area contributed by atoms with Crippen molar-refractivity contribution >= 4 is 11.3 Å². The third kappa shape index (κ3) is 3.08. The van der Waals surface area contributed by atoms with Gasteiger partial charge < -0.3 is 10.8 Å². The molecule has 2 nitrogen and oxygen atoms in total. The van der Waals surface area contributed by atoms with E-state index in [4.69, 9.17) is 5.73 Å². The molecule has 1 heterocycles. The van der Waals surface area contributed by atoms with E-state index < -0.39 is 0 Å². The summed E-state index contributed by atoms with van der Waals surface area (Å²) in [4.78, 5) is 1.31. The molecule has 0 aliphatic rings. The quantitative estimate of drug-likeness (QED) is 0.852. The first-order chi connectivity index (χ1) is 7.74. The Morgan fingerprint density at radius 3 is 2.75 bits per heavy atom. The first-order valence-electron chi connectivity index (χ1n) is 5.30. The predicted molar refractivity (Wildman–Crippen MR) is 67.8 cm³/mol. The van der Waals surface area contributed by atoms with Crippen LogP contribution < -0.4 is 5.73 Å². The van der Waals surface area contributed by atoms with Crippen LogP contribution in [0.15, 0.2) is 41.8 Å². The normalized spacial score (nSPS) is 12.6. The van der Waals surface area contributed by atoms with Gasteiger partial charge in [-0.15, -0.1) is 11.3 Å². The lowest BCUT2D eigenvalue weighted by atomic mass is 10.0. The number of thiophene rings is 1. The zero-order valence-electron chi connectivity index (χ0n) is 8.97. The zero-order chi connectivity index (χ0) is 11.4. The zero-order valence-corrected chi connectivity index (χ0v) is 9.78.